The lowest BCUT2D eigenvalue weighted by atomic mass is 9.87. The largest absolute Gasteiger partial charge is 0.338 e. The number of anilines is 2. The summed E-state index contributed by atoms with van der Waals surface area (Å²) in [5.41, 5.74) is 12.0. The van der Waals surface area contributed by atoms with Crippen LogP contribution in [0.2, 0.25) is 0 Å². The van der Waals surface area contributed by atoms with E-state index in [-0.39, 0.29) is 0 Å². The molecular weight excluding hydrogens is 544 g/mol. The Bertz CT molecular complexity index is 1940. The normalized spacial score (nSPS) is 17.8. The van der Waals surface area contributed by atoms with Crippen molar-refractivity contribution in [2.45, 2.75) is 79.7 Å². The first-order chi connectivity index (χ1) is 22.2. The Morgan fingerprint density at radius 2 is 1.33 bits per heavy atom. The molecule has 2 atom stereocenters. The van der Waals surface area contributed by atoms with Crippen LogP contribution in [0.15, 0.2) is 91.0 Å². The third-order valence-electron chi connectivity index (χ3n) is 9.66. The highest BCUT2D eigenvalue weighted by molar-refractivity contribution is 5.88. The molecule has 230 valence electrons. The minimum Gasteiger partial charge on any atom is -0.338 e. The van der Waals surface area contributed by atoms with Gasteiger partial charge in [-0.3, -0.25) is 0 Å². The average molecular weight is 593 g/mol. The van der Waals surface area contributed by atoms with Crippen LogP contribution in [0.1, 0.15) is 77.5 Å². The standard InChI is InChI=1S/C39H36N2.2C2H6/c1-26-23-32-11-5-7-13-37(32)40(27(26)2)33-19-15-28(16-20-33)29-17-21-34(22-18-29)41-38-14-8-6-12-35(38)36-24-30-9-3-4-10-31(30)25-39(36)41;2*1-2/h3,5,7,9,11-22,24-27H,4,6,8,10,23H2,1-2H3;2*1-2H3. The summed E-state index contributed by atoms with van der Waals surface area (Å²) < 4.78 is 2.49. The molecule has 0 fully saturated rings. The van der Waals surface area contributed by atoms with Crippen LogP contribution in [0.25, 0.3) is 45.9 Å². The number of para-hydroxylation sites is 1. The van der Waals surface area contributed by atoms with E-state index in [1.807, 2.05) is 27.7 Å². The summed E-state index contributed by atoms with van der Waals surface area (Å²) in [5.74, 6) is 0.615. The first-order valence-electron chi connectivity index (χ1n) is 17.3. The fraction of sp³-hybridized carbons (Fsp3) is 0.302. The van der Waals surface area contributed by atoms with Gasteiger partial charge in [-0.1, -0.05) is 101 Å². The van der Waals surface area contributed by atoms with Crippen molar-refractivity contribution in [2.75, 3.05) is 4.90 Å². The summed E-state index contributed by atoms with van der Waals surface area (Å²) in [4.78, 5) is 2.53. The van der Waals surface area contributed by atoms with Crippen LogP contribution in [0, 0.1) is 5.92 Å². The highest BCUT2D eigenvalue weighted by Crippen LogP contribution is 2.39. The molecule has 1 aromatic heterocycles. The lowest BCUT2D eigenvalue weighted by Crippen LogP contribution is -2.39. The molecule has 2 unspecified atom stereocenters. The predicted octanol–water partition coefficient (Wildman–Crippen LogP) is 10.4. The number of nitrogens with zero attached hydrogens (tertiary/aromatic N) is 2. The van der Waals surface area contributed by atoms with Gasteiger partial charge < -0.3 is 9.47 Å². The van der Waals surface area contributed by atoms with E-state index in [0.717, 1.165) is 32.1 Å². The van der Waals surface area contributed by atoms with E-state index in [0.29, 0.717) is 12.0 Å². The van der Waals surface area contributed by atoms with Crippen LogP contribution >= 0.6 is 0 Å². The molecule has 0 amide bonds. The zero-order valence-corrected chi connectivity index (χ0v) is 28.0. The van der Waals surface area contributed by atoms with E-state index < -0.39 is 0 Å². The molecule has 2 heterocycles. The maximum atomic E-state index is 2.53. The lowest BCUT2D eigenvalue weighted by molar-refractivity contribution is 0.455. The fourth-order valence-corrected chi connectivity index (χ4v) is 7.30. The third-order valence-corrected chi connectivity index (χ3v) is 9.66. The summed E-state index contributed by atoms with van der Waals surface area (Å²) in [6, 6.07) is 32.6. The predicted molar refractivity (Wildman–Crippen MR) is 197 cm³/mol. The van der Waals surface area contributed by atoms with Crippen molar-refractivity contribution in [2.24, 2.45) is 5.92 Å². The van der Waals surface area contributed by atoms with Crippen LogP contribution in [-0.4, -0.2) is 10.6 Å². The Labute approximate surface area is 270 Å². The molecular formula is C43H48N2. The topological polar surface area (TPSA) is 8.17 Å². The van der Waals surface area contributed by atoms with Crippen LogP contribution in [0.4, 0.5) is 11.4 Å². The Hall–Kier alpha value is -4.30. The average Bonchev–Trinajstić information content (AvgIpc) is 3.43. The number of hydrogen-bond acceptors (Lipinski definition) is 1. The highest BCUT2D eigenvalue weighted by Gasteiger charge is 2.29. The minimum absolute atomic E-state index is 0.466. The summed E-state index contributed by atoms with van der Waals surface area (Å²) in [6.07, 6.45) is 15.1. The lowest BCUT2D eigenvalue weighted by Gasteiger charge is -2.41. The number of rotatable bonds is 3. The molecule has 0 saturated carbocycles. The molecule has 0 bridgehead atoms. The van der Waals surface area contributed by atoms with Gasteiger partial charge in [-0.2, -0.15) is 0 Å². The van der Waals surface area contributed by atoms with Gasteiger partial charge in [-0.15, -0.1) is 0 Å². The zero-order chi connectivity index (χ0) is 31.5. The molecule has 4 aromatic carbocycles. The second-order valence-electron chi connectivity index (χ2n) is 12.1. The van der Waals surface area contributed by atoms with Crippen molar-refractivity contribution >= 4 is 40.5 Å². The number of benzene rings is 4. The van der Waals surface area contributed by atoms with E-state index in [2.05, 4.69) is 133 Å². The van der Waals surface area contributed by atoms with Crippen LogP contribution < -0.4 is 15.5 Å². The molecule has 45 heavy (non-hydrogen) atoms. The van der Waals surface area contributed by atoms with E-state index in [1.54, 1.807) is 0 Å². The van der Waals surface area contributed by atoms with Crippen LogP contribution in [0.3, 0.4) is 0 Å². The first-order valence-corrected chi connectivity index (χ1v) is 17.3. The summed E-state index contributed by atoms with van der Waals surface area (Å²) >= 11 is 0. The van der Waals surface area contributed by atoms with E-state index in [1.165, 1.54) is 66.4 Å². The minimum atomic E-state index is 0.466. The van der Waals surface area contributed by atoms with Gasteiger partial charge in [0, 0.05) is 39.1 Å². The number of aromatic nitrogens is 1. The Balaban J connectivity index is 0.000000860. The molecule has 0 radical (unpaired) electrons. The van der Waals surface area contributed by atoms with Crippen molar-refractivity contribution in [3.63, 3.8) is 0 Å². The van der Waals surface area contributed by atoms with Gasteiger partial charge in [-0.05, 0) is 115 Å². The number of hydrogen-bond donors (Lipinski definition) is 0. The maximum Gasteiger partial charge on any atom is 0.0543 e. The Morgan fingerprint density at radius 1 is 0.667 bits per heavy atom. The molecule has 2 aliphatic carbocycles. The van der Waals surface area contributed by atoms with Crippen molar-refractivity contribution in [1.29, 1.82) is 0 Å². The second-order valence-corrected chi connectivity index (χ2v) is 12.1. The SMILES string of the molecule is CC.CC.CC1Cc2ccccc2N(c2ccc(-c3ccc(-n4c5c(c6cc7c(cc64)CCC=C7)=CCCC=5)cc3)cc2)C1C. The van der Waals surface area contributed by atoms with Gasteiger partial charge in [0.1, 0.15) is 0 Å². The van der Waals surface area contributed by atoms with Gasteiger partial charge in [0.15, 0.2) is 0 Å². The number of fused-ring (bicyclic) bond motifs is 5. The molecule has 5 aromatic rings. The first kappa shape index (κ1) is 30.7. The summed E-state index contributed by atoms with van der Waals surface area (Å²) in [6.45, 7) is 12.7. The van der Waals surface area contributed by atoms with Crippen LogP contribution in [0.5, 0.6) is 0 Å². The van der Waals surface area contributed by atoms with Gasteiger partial charge in [-0.25, -0.2) is 0 Å². The fourth-order valence-electron chi connectivity index (χ4n) is 7.30. The molecule has 0 N–H and O–H groups in total. The second kappa shape index (κ2) is 13.4. The third kappa shape index (κ3) is 5.56. The van der Waals surface area contributed by atoms with Gasteiger partial charge >= 0.3 is 0 Å². The van der Waals surface area contributed by atoms with Crippen LogP contribution in [-0.2, 0) is 12.8 Å². The number of aryl methyl sites for hydroxylation is 1. The quantitative estimate of drug-likeness (QED) is 0.202. The van der Waals surface area contributed by atoms with Gasteiger partial charge in [0.05, 0.1) is 5.52 Å². The highest BCUT2D eigenvalue weighted by atomic mass is 15.2. The van der Waals surface area contributed by atoms with E-state index >= 15 is 0 Å². The zero-order valence-electron chi connectivity index (χ0n) is 28.0. The smallest absolute Gasteiger partial charge is 0.0543 e. The Kier molecular flexibility index (Phi) is 9.12. The molecule has 8 rings (SSSR count). The maximum absolute atomic E-state index is 2.53. The monoisotopic (exact) mass is 592 g/mol. The molecule has 0 saturated heterocycles. The van der Waals surface area contributed by atoms with Gasteiger partial charge in [0.25, 0.3) is 0 Å². The van der Waals surface area contributed by atoms with E-state index in [4.69, 9.17) is 0 Å². The molecule has 2 heteroatoms. The van der Waals surface area contributed by atoms with Crippen molar-refractivity contribution < 1.29 is 0 Å². The van der Waals surface area contributed by atoms with Gasteiger partial charge in [0.2, 0.25) is 0 Å². The van der Waals surface area contributed by atoms with Crippen molar-refractivity contribution in [1.82, 2.24) is 4.57 Å². The van der Waals surface area contributed by atoms with Crippen molar-refractivity contribution in [3.05, 3.63) is 118 Å². The molecule has 1 aliphatic heterocycles. The summed E-state index contributed by atoms with van der Waals surface area (Å²) in [7, 11) is 0. The molecule has 3 aliphatic rings. The molecule has 0 spiro atoms. The number of allylic oxidation sites excluding steroid dienone is 1. The summed E-state index contributed by atoms with van der Waals surface area (Å²) in [5, 5.41) is 4.12. The van der Waals surface area contributed by atoms with Crippen molar-refractivity contribution in [3.8, 4) is 16.8 Å². The Morgan fingerprint density at radius 3 is 2.07 bits per heavy atom. The molecule has 2 nitrogen and oxygen atoms in total. The van der Waals surface area contributed by atoms with E-state index in [9.17, 15) is 0 Å².